The van der Waals surface area contributed by atoms with Gasteiger partial charge in [0.05, 0.1) is 33.4 Å². The van der Waals surface area contributed by atoms with Gasteiger partial charge >= 0.3 is 0 Å². The molecule has 11 heavy (non-hydrogen) atoms. The molecule has 0 aromatic heterocycles. The second-order valence-electron chi connectivity index (χ2n) is 3.08. The molecule has 0 radical (unpaired) electrons. The molecule has 0 aliphatic carbocycles. The van der Waals surface area contributed by atoms with Gasteiger partial charge in [-0.3, -0.25) is 0 Å². The smallest absolute Gasteiger partial charge is 0.265 e. The molecule has 4 heteroatoms. The maximum atomic E-state index is 5.53. The van der Waals surface area contributed by atoms with Gasteiger partial charge in [-0.1, -0.05) is 0 Å². The van der Waals surface area contributed by atoms with Gasteiger partial charge < -0.3 is 4.74 Å². The average Bonchev–Trinajstić information content (AvgIpc) is 1.85. The van der Waals surface area contributed by atoms with Gasteiger partial charge in [-0.2, -0.15) is 0 Å². The molecular formula is C7H11IN2O. The van der Waals surface area contributed by atoms with Crippen LogP contribution < -0.4 is 0 Å². The normalized spacial score (nSPS) is 17.2. The highest BCUT2D eigenvalue weighted by atomic mass is 127. The zero-order valence-corrected chi connectivity index (χ0v) is 8.99. The Morgan fingerprint density at radius 2 is 2.09 bits per heavy atom. The number of aliphatic imine (C=N–C) groups is 1. The molecule has 0 saturated heterocycles. The first-order valence-corrected chi connectivity index (χ1v) is 5.38. The van der Waals surface area contributed by atoms with Gasteiger partial charge in [0.25, 0.3) is 3.90 Å². The van der Waals surface area contributed by atoms with Crippen molar-refractivity contribution in [3.63, 3.8) is 0 Å². The zero-order valence-electron chi connectivity index (χ0n) is 6.84. The van der Waals surface area contributed by atoms with Crippen molar-refractivity contribution in [3.05, 3.63) is 12.4 Å². The van der Waals surface area contributed by atoms with Crippen LogP contribution in [0.1, 0.15) is 20.8 Å². The standard InChI is InChI=1S/C7H11IN2O/c1-7(2,3)11-6-8-10-5-4-9-6/h4-5H,1-3H3. The van der Waals surface area contributed by atoms with Crippen LogP contribution in [0.2, 0.25) is 0 Å². The fourth-order valence-electron chi connectivity index (χ4n) is 0.505. The van der Waals surface area contributed by atoms with E-state index in [1.807, 2.05) is 20.8 Å². The van der Waals surface area contributed by atoms with Crippen LogP contribution in [0.5, 0.6) is 0 Å². The van der Waals surface area contributed by atoms with Gasteiger partial charge in [-0.05, 0) is 20.8 Å². The van der Waals surface area contributed by atoms with Crippen LogP contribution in [-0.4, -0.2) is 9.51 Å². The van der Waals surface area contributed by atoms with Crippen LogP contribution in [0.4, 0.5) is 0 Å². The molecule has 0 spiro atoms. The maximum Gasteiger partial charge on any atom is 0.265 e. The molecule has 0 unspecified atom stereocenters. The summed E-state index contributed by atoms with van der Waals surface area (Å²) < 4.78 is 10.5. The largest absolute Gasteiger partial charge is 0.467 e. The molecule has 1 aliphatic rings. The number of hydrogen-bond donors (Lipinski definition) is 0. The minimum atomic E-state index is -0.351. The van der Waals surface area contributed by atoms with Crippen molar-refractivity contribution >= 4 is 24.9 Å². The highest BCUT2D eigenvalue weighted by Crippen LogP contribution is 2.18. The van der Waals surface area contributed by atoms with Gasteiger partial charge in [-0.15, -0.1) is 0 Å². The first-order valence-electron chi connectivity index (χ1n) is 3.34. The van der Waals surface area contributed by atoms with E-state index in [1.165, 1.54) is 0 Å². The highest BCUT2D eigenvalue weighted by molar-refractivity contribution is 14.2. The summed E-state index contributed by atoms with van der Waals surface area (Å²) in [7, 11) is 0. The molecule has 0 N–H and O–H groups in total. The molecule has 0 saturated carbocycles. The topological polar surface area (TPSA) is 34.0 Å². The lowest BCUT2D eigenvalue weighted by molar-refractivity contribution is 0.125. The molecule has 0 aromatic rings. The third kappa shape index (κ3) is 3.60. The Labute approximate surface area is 76.7 Å². The molecular weight excluding hydrogens is 255 g/mol. The summed E-state index contributed by atoms with van der Waals surface area (Å²) in [5, 5.41) is 0. The molecule has 0 aromatic carbocycles. The SMILES string of the molecule is CC(C)(C)OC1=NC=CN=I1. The zero-order chi connectivity index (χ0) is 8.32. The number of nitrogens with zero attached hydrogens (tertiary/aromatic N) is 2. The monoisotopic (exact) mass is 266 g/mol. The average molecular weight is 266 g/mol. The Bertz CT molecular complexity index is 225. The summed E-state index contributed by atoms with van der Waals surface area (Å²) in [4.78, 5) is 4.08. The van der Waals surface area contributed by atoms with Crippen LogP contribution in [-0.2, 0) is 4.74 Å². The van der Waals surface area contributed by atoms with Gasteiger partial charge in [0.15, 0.2) is 0 Å². The first-order chi connectivity index (χ1) is 5.08. The van der Waals surface area contributed by atoms with Crippen molar-refractivity contribution in [2.75, 3.05) is 0 Å². The number of hydrogen-bond acceptors (Lipinski definition) is 3. The van der Waals surface area contributed by atoms with Crippen molar-refractivity contribution < 1.29 is 4.74 Å². The molecule has 62 valence electrons. The molecule has 0 atom stereocenters. The lowest BCUT2D eigenvalue weighted by Crippen LogP contribution is -2.21. The predicted octanol–water partition coefficient (Wildman–Crippen LogP) is 2.80. The Kier molecular flexibility index (Phi) is 2.75. The second-order valence-corrected chi connectivity index (χ2v) is 5.04. The fourth-order valence-corrected chi connectivity index (χ4v) is 2.09. The third-order valence-electron chi connectivity index (χ3n) is 0.811. The minimum absolute atomic E-state index is 0.140. The number of rotatable bonds is 0. The summed E-state index contributed by atoms with van der Waals surface area (Å²) in [5.74, 6) is 0. The van der Waals surface area contributed by atoms with E-state index >= 15 is 0 Å². The Morgan fingerprint density at radius 1 is 1.36 bits per heavy atom. The van der Waals surface area contributed by atoms with Crippen LogP contribution in [0.3, 0.4) is 0 Å². The van der Waals surface area contributed by atoms with E-state index in [4.69, 9.17) is 4.74 Å². The van der Waals surface area contributed by atoms with Crippen LogP contribution in [0, 0.1) is 0 Å². The molecule has 1 rings (SSSR count). The number of ether oxygens (including phenoxy) is 1. The summed E-state index contributed by atoms with van der Waals surface area (Å²) in [6, 6.07) is 0. The van der Waals surface area contributed by atoms with Crippen LogP contribution >= 0.6 is 21.0 Å². The highest BCUT2D eigenvalue weighted by Gasteiger charge is 2.13. The van der Waals surface area contributed by atoms with Crippen molar-refractivity contribution in [1.82, 2.24) is 0 Å². The van der Waals surface area contributed by atoms with E-state index < -0.39 is 0 Å². The van der Waals surface area contributed by atoms with E-state index in [1.54, 1.807) is 12.4 Å². The molecule has 0 bridgehead atoms. The van der Waals surface area contributed by atoms with E-state index in [9.17, 15) is 0 Å². The molecule has 0 fully saturated rings. The third-order valence-corrected chi connectivity index (χ3v) is 2.32. The second kappa shape index (κ2) is 3.42. The summed E-state index contributed by atoms with van der Waals surface area (Å²) in [6.07, 6.45) is 3.40. The summed E-state index contributed by atoms with van der Waals surface area (Å²) in [5.41, 5.74) is -0.140. The molecule has 3 nitrogen and oxygen atoms in total. The summed E-state index contributed by atoms with van der Waals surface area (Å²) in [6.45, 7) is 6.03. The van der Waals surface area contributed by atoms with Gasteiger partial charge in [0.2, 0.25) is 0 Å². The van der Waals surface area contributed by atoms with Crippen LogP contribution in [0.25, 0.3) is 0 Å². The molecule has 1 aliphatic heterocycles. The minimum Gasteiger partial charge on any atom is -0.467 e. The lowest BCUT2D eigenvalue weighted by Gasteiger charge is -2.19. The summed E-state index contributed by atoms with van der Waals surface area (Å²) >= 11 is -0.351. The first kappa shape index (κ1) is 8.83. The molecule has 0 amide bonds. The Morgan fingerprint density at radius 3 is 2.55 bits per heavy atom. The van der Waals surface area contributed by atoms with Gasteiger partial charge in [0, 0.05) is 0 Å². The van der Waals surface area contributed by atoms with E-state index in [0.717, 1.165) is 3.90 Å². The van der Waals surface area contributed by atoms with Crippen molar-refractivity contribution in [3.8, 4) is 0 Å². The van der Waals surface area contributed by atoms with Crippen molar-refractivity contribution in [2.24, 2.45) is 8.14 Å². The van der Waals surface area contributed by atoms with Crippen molar-refractivity contribution in [2.45, 2.75) is 26.4 Å². The quantitative estimate of drug-likeness (QED) is 0.621. The Hall–Kier alpha value is -0.260. The number of halogens is 1. The van der Waals surface area contributed by atoms with Gasteiger partial charge in [0.1, 0.15) is 5.60 Å². The molecule has 1 heterocycles. The van der Waals surface area contributed by atoms with Crippen molar-refractivity contribution in [1.29, 1.82) is 0 Å². The fraction of sp³-hybridized carbons (Fsp3) is 0.571. The predicted molar refractivity (Wildman–Crippen MR) is 53.9 cm³/mol. The maximum absolute atomic E-state index is 5.53. The van der Waals surface area contributed by atoms with Gasteiger partial charge in [-0.25, -0.2) is 8.14 Å². The van der Waals surface area contributed by atoms with E-state index in [2.05, 4.69) is 8.14 Å². The Balaban J connectivity index is 2.58. The van der Waals surface area contributed by atoms with E-state index in [-0.39, 0.29) is 26.6 Å². The lowest BCUT2D eigenvalue weighted by atomic mass is 10.2. The van der Waals surface area contributed by atoms with Crippen LogP contribution in [0.15, 0.2) is 20.5 Å². The van der Waals surface area contributed by atoms with E-state index in [0.29, 0.717) is 0 Å².